The highest BCUT2D eigenvalue weighted by atomic mass is 32.1. The molecule has 0 saturated heterocycles. The van der Waals surface area contributed by atoms with Gasteiger partial charge in [-0.3, -0.25) is 0 Å². The van der Waals surface area contributed by atoms with Crippen molar-refractivity contribution in [2.75, 3.05) is 23.7 Å². The van der Waals surface area contributed by atoms with E-state index in [1.807, 2.05) is 13.8 Å². The van der Waals surface area contributed by atoms with E-state index < -0.39 is 0 Å². The second kappa shape index (κ2) is 6.16. The highest BCUT2D eigenvalue weighted by Crippen LogP contribution is 2.29. The summed E-state index contributed by atoms with van der Waals surface area (Å²) in [6, 6.07) is 2.08. The largest absolute Gasteiger partial charge is 0.391 e. The molecule has 0 fully saturated rings. The minimum absolute atomic E-state index is 0.354. The molecule has 0 bridgehead atoms. The summed E-state index contributed by atoms with van der Waals surface area (Å²) in [7, 11) is 0. The van der Waals surface area contributed by atoms with E-state index in [9.17, 15) is 5.11 Å². The maximum Gasteiger partial charge on any atom is 0.226 e. The van der Waals surface area contributed by atoms with E-state index in [0.29, 0.717) is 12.5 Å². The van der Waals surface area contributed by atoms with Crippen LogP contribution in [-0.4, -0.2) is 34.3 Å². The summed E-state index contributed by atoms with van der Waals surface area (Å²) in [6.45, 7) is 7.32. The number of rotatable bonds is 6. The molecule has 3 N–H and O–H groups in total. The Morgan fingerprint density at radius 3 is 2.79 bits per heavy atom. The quantitative estimate of drug-likeness (QED) is 0.759. The molecule has 0 spiro atoms. The lowest BCUT2D eigenvalue weighted by Gasteiger charge is -2.12. The Hall–Kier alpha value is -1.40. The van der Waals surface area contributed by atoms with Crippen molar-refractivity contribution in [1.29, 1.82) is 0 Å². The zero-order chi connectivity index (χ0) is 13.8. The first-order valence-corrected chi connectivity index (χ1v) is 7.39. The number of anilines is 2. The number of fused-ring (bicyclic) bond motifs is 1. The third-order valence-electron chi connectivity index (χ3n) is 2.83. The van der Waals surface area contributed by atoms with E-state index in [2.05, 4.69) is 33.6 Å². The number of nitrogens with zero attached hydrogens (tertiary/aromatic N) is 2. The lowest BCUT2D eigenvalue weighted by molar-refractivity contribution is 0.183. The normalized spacial score (nSPS) is 12.6. The third kappa shape index (κ3) is 3.33. The number of hydrogen-bond acceptors (Lipinski definition) is 6. The highest BCUT2D eigenvalue weighted by Gasteiger charge is 2.11. The molecule has 0 aliphatic rings. The molecule has 0 aromatic carbocycles. The van der Waals surface area contributed by atoms with Crippen LogP contribution in [0.5, 0.6) is 0 Å². The fourth-order valence-corrected chi connectivity index (χ4v) is 2.65. The Bertz CT molecular complexity index is 555. The van der Waals surface area contributed by atoms with Crippen LogP contribution in [0.4, 0.5) is 11.8 Å². The number of aryl methyl sites for hydroxylation is 1. The number of thiophene rings is 1. The van der Waals surface area contributed by atoms with Crippen LogP contribution in [0.1, 0.15) is 25.1 Å². The zero-order valence-corrected chi connectivity index (χ0v) is 12.3. The van der Waals surface area contributed by atoms with Crippen LogP contribution in [0.15, 0.2) is 6.07 Å². The first kappa shape index (κ1) is 14.0. The van der Waals surface area contributed by atoms with Gasteiger partial charge in [0, 0.05) is 18.0 Å². The Morgan fingerprint density at radius 2 is 2.11 bits per heavy atom. The summed E-state index contributed by atoms with van der Waals surface area (Å²) in [5, 5.41) is 17.0. The maximum atomic E-state index is 9.65. The number of aliphatic hydroxyl groups excluding tert-OH is 1. The van der Waals surface area contributed by atoms with Crippen molar-refractivity contribution in [2.24, 2.45) is 0 Å². The maximum absolute atomic E-state index is 9.65. The van der Waals surface area contributed by atoms with Gasteiger partial charge in [0.15, 0.2) is 0 Å². The monoisotopic (exact) mass is 280 g/mol. The Morgan fingerprint density at radius 1 is 1.32 bits per heavy atom. The van der Waals surface area contributed by atoms with Crippen LogP contribution in [0.3, 0.4) is 0 Å². The van der Waals surface area contributed by atoms with Gasteiger partial charge in [0.05, 0.1) is 11.5 Å². The molecule has 0 aliphatic carbocycles. The molecule has 5 nitrogen and oxygen atoms in total. The smallest absolute Gasteiger partial charge is 0.226 e. The molecular formula is C13H20N4OS. The molecule has 0 amide bonds. The van der Waals surface area contributed by atoms with Gasteiger partial charge in [0.25, 0.3) is 0 Å². The number of hydrogen-bond donors (Lipinski definition) is 3. The van der Waals surface area contributed by atoms with Gasteiger partial charge in [0.2, 0.25) is 5.95 Å². The van der Waals surface area contributed by atoms with Gasteiger partial charge in [-0.1, -0.05) is 6.92 Å². The van der Waals surface area contributed by atoms with E-state index in [4.69, 9.17) is 0 Å². The molecule has 0 aliphatic heterocycles. The molecule has 2 rings (SSSR count). The molecule has 1 atom stereocenters. The van der Waals surface area contributed by atoms with Crippen LogP contribution in [0.25, 0.3) is 10.2 Å². The van der Waals surface area contributed by atoms with Crippen LogP contribution < -0.4 is 10.6 Å². The van der Waals surface area contributed by atoms with Crippen molar-refractivity contribution in [3.05, 3.63) is 10.9 Å². The van der Waals surface area contributed by atoms with Crippen LogP contribution >= 0.6 is 11.3 Å². The Balaban J connectivity index is 2.32. The first-order chi connectivity index (χ1) is 9.13. The number of aromatic nitrogens is 2. The van der Waals surface area contributed by atoms with Gasteiger partial charge < -0.3 is 15.7 Å². The molecule has 2 aromatic rings. The van der Waals surface area contributed by atoms with Crippen molar-refractivity contribution in [2.45, 2.75) is 33.3 Å². The molecule has 6 heteroatoms. The van der Waals surface area contributed by atoms with Crippen LogP contribution in [-0.2, 0) is 0 Å². The van der Waals surface area contributed by atoms with E-state index in [0.717, 1.165) is 29.0 Å². The second-order valence-corrected chi connectivity index (χ2v) is 5.68. The molecule has 104 valence electrons. The van der Waals surface area contributed by atoms with Gasteiger partial charge >= 0.3 is 0 Å². The fraction of sp³-hybridized carbons (Fsp3) is 0.538. The molecular weight excluding hydrogens is 260 g/mol. The molecule has 19 heavy (non-hydrogen) atoms. The van der Waals surface area contributed by atoms with E-state index in [1.54, 1.807) is 11.3 Å². The van der Waals surface area contributed by atoms with Gasteiger partial charge in [-0.15, -0.1) is 11.3 Å². The predicted molar refractivity (Wildman–Crippen MR) is 81.1 cm³/mol. The number of aliphatic hydroxyl groups is 1. The minimum atomic E-state index is -0.354. The average Bonchev–Trinajstić information content (AvgIpc) is 2.76. The summed E-state index contributed by atoms with van der Waals surface area (Å²) in [4.78, 5) is 11.1. The van der Waals surface area contributed by atoms with Crippen molar-refractivity contribution in [3.63, 3.8) is 0 Å². The van der Waals surface area contributed by atoms with E-state index in [-0.39, 0.29) is 6.10 Å². The van der Waals surface area contributed by atoms with Crippen molar-refractivity contribution in [1.82, 2.24) is 9.97 Å². The van der Waals surface area contributed by atoms with Crippen molar-refractivity contribution >= 4 is 33.3 Å². The summed E-state index contributed by atoms with van der Waals surface area (Å²) in [5.74, 6) is 1.42. The lowest BCUT2D eigenvalue weighted by Crippen LogP contribution is -2.19. The molecule has 1 unspecified atom stereocenters. The van der Waals surface area contributed by atoms with Crippen molar-refractivity contribution < 1.29 is 5.11 Å². The standard InChI is InChI=1S/C13H20N4OS/c1-4-9(18)7-15-11-10-6-8(3)19-12(10)17-13(16-11)14-5-2/h6,9,18H,4-5,7H2,1-3H3,(H2,14,15,16,17). The van der Waals surface area contributed by atoms with Crippen LogP contribution in [0, 0.1) is 6.92 Å². The molecule has 0 radical (unpaired) electrons. The average molecular weight is 280 g/mol. The highest BCUT2D eigenvalue weighted by molar-refractivity contribution is 7.18. The molecule has 2 aromatic heterocycles. The Kier molecular flexibility index (Phi) is 4.55. The van der Waals surface area contributed by atoms with Gasteiger partial charge in [-0.2, -0.15) is 4.98 Å². The SMILES string of the molecule is CCNc1nc(NCC(O)CC)c2cc(C)sc2n1. The molecule has 0 saturated carbocycles. The predicted octanol–water partition coefficient (Wildman–Crippen LogP) is 2.61. The summed E-state index contributed by atoms with van der Waals surface area (Å²) in [6.07, 6.45) is 0.372. The summed E-state index contributed by atoms with van der Waals surface area (Å²) >= 11 is 1.65. The Labute approximate surface area is 117 Å². The summed E-state index contributed by atoms with van der Waals surface area (Å²) in [5.41, 5.74) is 0. The van der Waals surface area contributed by atoms with Gasteiger partial charge in [-0.25, -0.2) is 4.98 Å². The van der Waals surface area contributed by atoms with Crippen LogP contribution in [0.2, 0.25) is 0 Å². The molecule has 2 heterocycles. The van der Waals surface area contributed by atoms with Crippen molar-refractivity contribution in [3.8, 4) is 0 Å². The second-order valence-electron chi connectivity index (χ2n) is 4.45. The fourth-order valence-electron chi connectivity index (χ4n) is 1.77. The number of nitrogens with one attached hydrogen (secondary N) is 2. The van der Waals surface area contributed by atoms with Gasteiger partial charge in [-0.05, 0) is 26.3 Å². The van der Waals surface area contributed by atoms with Gasteiger partial charge in [0.1, 0.15) is 10.6 Å². The minimum Gasteiger partial charge on any atom is -0.391 e. The van der Waals surface area contributed by atoms with E-state index in [1.165, 1.54) is 4.88 Å². The first-order valence-electron chi connectivity index (χ1n) is 6.58. The lowest BCUT2D eigenvalue weighted by atomic mass is 10.2. The summed E-state index contributed by atoms with van der Waals surface area (Å²) < 4.78 is 0. The topological polar surface area (TPSA) is 70.1 Å². The third-order valence-corrected chi connectivity index (χ3v) is 3.77. The van der Waals surface area contributed by atoms with E-state index >= 15 is 0 Å². The zero-order valence-electron chi connectivity index (χ0n) is 11.5.